The molecule has 1 aliphatic rings. The van der Waals surface area contributed by atoms with E-state index in [4.69, 9.17) is 0 Å². The number of nitrogens with one attached hydrogen (secondary N) is 1. The van der Waals surface area contributed by atoms with Crippen LogP contribution in [0.5, 0.6) is 0 Å². The van der Waals surface area contributed by atoms with E-state index in [9.17, 15) is 9.59 Å². The van der Waals surface area contributed by atoms with Crippen molar-refractivity contribution in [1.29, 1.82) is 0 Å². The van der Waals surface area contributed by atoms with Crippen LogP contribution in [-0.2, 0) is 16.0 Å². The minimum atomic E-state index is -0.295. The van der Waals surface area contributed by atoms with Crippen LogP contribution in [0.2, 0.25) is 0 Å². The highest BCUT2D eigenvalue weighted by atomic mass is 79.9. The van der Waals surface area contributed by atoms with E-state index in [1.807, 2.05) is 43.3 Å². The molecule has 0 aromatic heterocycles. The first kappa shape index (κ1) is 17.7. The molecule has 0 aliphatic carbocycles. The van der Waals surface area contributed by atoms with Gasteiger partial charge in [-0.15, -0.1) is 0 Å². The summed E-state index contributed by atoms with van der Waals surface area (Å²) >= 11 is 3.47. The van der Waals surface area contributed by atoms with Crippen molar-refractivity contribution in [3.8, 4) is 0 Å². The van der Waals surface area contributed by atoms with E-state index in [2.05, 4.69) is 33.4 Å². The van der Waals surface area contributed by atoms with Gasteiger partial charge in [0.1, 0.15) is 0 Å². The summed E-state index contributed by atoms with van der Waals surface area (Å²) in [7, 11) is 0. The number of benzene rings is 2. The summed E-state index contributed by atoms with van der Waals surface area (Å²) in [6, 6.07) is 15.9. The Hall–Kier alpha value is -2.14. The Kier molecular flexibility index (Phi) is 5.53. The van der Waals surface area contributed by atoms with Crippen molar-refractivity contribution in [2.24, 2.45) is 5.92 Å². The van der Waals surface area contributed by atoms with Gasteiger partial charge >= 0.3 is 0 Å². The summed E-state index contributed by atoms with van der Waals surface area (Å²) in [6.07, 6.45) is 1.09. The van der Waals surface area contributed by atoms with Crippen molar-refractivity contribution in [3.05, 3.63) is 64.1 Å². The first-order valence-corrected chi connectivity index (χ1v) is 9.21. The van der Waals surface area contributed by atoms with Crippen molar-refractivity contribution in [1.82, 2.24) is 4.90 Å². The van der Waals surface area contributed by atoms with Crippen molar-refractivity contribution in [2.75, 3.05) is 18.4 Å². The molecule has 4 nitrogen and oxygen atoms in total. The smallest absolute Gasteiger partial charge is 0.229 e. The second-order valence-corrected chi connectivity index (χ2v) is 7.30. The van der Waals surface area contributed by atoms with Crippen LogP contribution >= 0.6 is 15.9 Å². The fourth-order valence-corrected chi connectivity index (χ4v) is 3.62. The van der Waals surface area contributed by atoms with E-state index in [1.54, 1.807) is 4.90 Å². The molecule has 1 saturated heterocycles. The summed E-state index contributed by atoms with van der Waals surface area (Å²) in [6.45, 7) is 3.14. The van der Waals surface area contributed by atoms with Gasteiger partial charge < -0.3 is 10.2 Å². The molecule has 0 bridgehead atoms. The van der Waals surface area contributed by atoms with Crippen LogP contribution < -0.4 is 5.32 Å². The highest BCUT2D eigenvalue weighted by Gasteiger charge is 2.34. The Morgan fingerprint density at radius 2 is 2.00 bits per heavy atom. The summed E-state index contributed by atoms with van der Waals surface area (Å²) in [5, 5.41) is 2.93. The zero-order valence-electron chi connectivity index (χ0n) is 14.2. The molecule has 1 fully saturated rings. The van der Waals surface area contributed by atoms with Crippen molar-refractivity contribution < 1.29 is 9.59 Å². The first-order chi connectivity index (χ1) is 12.0. The molecule has 0 radical (unpaired) electrons. The third-order valence-corrected chi connectivity index (χ3v) is 5.14. The molecule has 2 amide bonds. The lowest BCUT2D eigenvalue weighted by Crippen LogP contribution is -2.30. The lowest BCUT2D eigenvalue weighted by atomic mass is 10.1. The molecule has 0 spiro atoms. The largest absolute Gasteiger partial charge is 0.342 e. The average molecular weight is 401 g/mol. The summed E-state index contributed by atoms with van der Waals surface area (Å²) in [5.74, 6) is -0.337. The summed E-state index contributed by atoms with van der Waals surface area (Å²) < 4.78 is 0.853. The number of aryl methyl sites for hydroxylation is 1. The maximum absolute atomic E-state index is 12.5. The zero-order chi connectivity index (χ0) is 17.8. The quantitative estimate of drug-likeness (QED) is 0.829. The Morgan fingerprint density at radius 3 is 2.72 bits per heavy atom. The second-order valence-electron chi connectivity index (χ2n) is 6.45. The van der Waals surface area contributed by atoms with Crippen molar-refractivity contribution in [3.63, 3.8) is 0 Å². The SMILES string of the molecule is Cc1ccc(NC(=O)C2CC(=O)N(CCc3ccccc3)C2)c(Br)c1. The normalized spacial score (nSPS) is 17.0. The molecule has 130 valence electrons. The predicted octanol–water partition coefficient (Wildman–Crippen LogP) is 3.79. The van der Waals surface area contributed by atoms with Gasteiger partial charge in [0, 0.05) is 24.0 Å². The molecular formula is C20H21BrN2O2. The van der Waals surface area contributed by atoms with Gasteiger partial charge in [0.2, 0.25) is 11.8 Å². The maximum Gasteiger partial charge on any atom is 0.229 e. The van der Waals surface area contributed by atoms with Crippen LogP contribution in [0.1, 0.15) is 17.5 Å². The fraction of sp³-hybridized carbons (Fsp3) is 0.300. The average Bonchev–Trinajstić information content (AvgIpc) is 2.97. The maximum atomic E-state index is 12.5. The molecule has 1 aliphatic heterocycles. The number of halogens is 1. The van der Waals surface area contributed by atoms with E-state index < -0.39 is 0 Å². The van der Waals surface area contributed by atoms with Crippen molar-refractivity contribution >= 4 is 33.4 Å². The Labute approximate surface area is 156 Å². The number of rotatable bonds is 5. The number of hydrogen-bond acceptors (Lipinski definition) is 2. The van der Waals surface area contributed by atoms with E-state index in [-0.39, 0.29) is 24.2 Å². The molecule has 5 heteroatoms. The number of anilines is 1. The molecule has 1 atom stereocenters. The van der Waals surface area contributed by atoms with E-state index in [0.717, 1.165) is 22.1 Å². The van der Waals surface area contributed by atoms with Crippen LogP contribution in [0.4, 0.5) is 5.69 Å². The van der Waals surface area contributed by atoms with Gasteiger partial charge in [0.05, 0.1) is 11.6 Å². The number of amides is 2. The Balaban J connectivity index is 1.57. The molecule has 25 heavy (non-hydrogen) atoms. The fourth-order valence-electron chi connectivity index (χ4n) is 3.03. The predicted molar refractivity (Wildman–Crippen MR) is 102 cm³/mol. The highest BCUT2D eigenvalue weighted by molar-refractivity contribution is 9.10. The number of nitrogens with zero attached hydrogens (tertiary/aromatic N) is 1. The summed E-state index contributed by atoms with van der Waals surface area (Å²) in [4.78, 5) is 26.5. The molecular weight excluding hydrogens is 380 g/mol. The van der Waals surface area contributed by atoms with E-state index in [0.29, 0.717) is 13.1 Å². The molecule has 3 rings (SSSR count). The lowest BCUT2D eigenvalue weighted by Gasteiger charge is -2.17. The van der Waals surface area contributed by atoms with Gasteiger partial charge in [0.15, 0.2) is 0 Å². The molecule has 2 aromatic rings. The van der Waals surface area contributed by atoms with Gasteiger partial charge in [-0.1, -0.05) is 36.4 Å². The number of hydrogen-bond donors (Lipinski definition) is 1. The van der Waals surface area contributed by atoms with Gasteiger partial charge in [-0.3, -0.25) is 9.59 Å². The standard InChI is InChI=1S/C20H21BrN2O2/c1-14-7-8-18(17(21)11-14)22-20(25)16-12-19(24)23(13-16)10-9-15-5-3-2-4-6-15/h2-8,11,16H,9-10,12-13H2,1H3,(H,22,25). The van der Waals surface area contributed by atoms with Gasteiger partial charge in [-0.05, 0) is 52.5 Å². The van der Waals surface area contributed by atoms with E-state index >= 15 is 0 Å². The summed E-state index contributed by atoms with van der Waals surface area (Å²) in [5.41, 5.74) is 3.06. The zero-order valence-corrected chi connectivity index (χ0v) is 15.8. The second kappa shape index (κ2) is 7.83. The third-order valence-electron chi connectivity index (χ3n) is 4.48. The van der Waals surface area contributed by atoms with Crippen LogP contribution in [0, 0.1) is 12.8 Å². The lowest BCUT2D eigenvalue weighted by molar-refractivity contribution is -0.128. The monoisotopic (exact) mass is 400 g/mol. The van der Waals surface area contributed by atoms with Gasteiger partial charge in [-0.2, -0.15) is 0 Å². The molecule has 1 unspecified atom stereocenters. The van der Waals surface area contributed by atoms with Gasteiger partial charge in [-0.25, -0.2) is 0 Å². The Morgan fingerprint density at radius 1 is 1.24 bits per heavy atom. The Bertz CT molecular complexity index is 777. The van der Waals surface area contributed by atoms with Gasteiger partial charge in [0.25, 0.3) is 0 Å². The van der Waals surface area contributed by atoms with Crippen LogP contribution in [-0.4, -0.2) is 29.8 Å². The molecule has 1 N–H and O–H groups in total. The highest BCUT2D eigenvalue weighted by Crippen LogP contribution is 2.26. The van der Waals surface area contributed by atoms with Crippen LogP contribution in [0.3, 0.4) is 0 Å². The van der Waals surface area contributed by atoms with Crippen LogP contribution in [0.15, 0.2) is 53.0 Å². The molecule has 0 saturated carbocycles. The number of carbonyl (C=O) groups excluding carboxylic acids is 2. The van der Waals surface area contributed by atoms with E-state index in [1.165, 1.54) is 5.56 Å². The minimum Gasteiger partial charge on any atom is -0.342 e. The molecule has 1 heterocycles. The van der Waals surface area contributed by atoms with Crippen molar-refractivity contribution in [2.45, 2.75) is 19.8 Å². The first-order valence-electron chi connectivity index (χ1n) is 8.41. The number of carbonyl (C=O) groups is 2. The molecule has 2 aromatic carbocycles. The topological polar surface area (TPSA) is 49.4 Å². The third kappa shape index (κ3) is 4.48. The number of likely N-dealkylation sites (tertiary alicyclic amines) is 1. The van der Waals surface area contributed by atoms with Crippen LogP contribution in [0.25, 0.3) is 0 Å². The minimum absolute atomic E-state index is 0.0547.